The molecular formula is C20H23FN4O2. The summed E-state index contributed by atoms with van der Waals surface area (Å²) in [7, 11) is 0. The second kappa shape index (κ2) is 8.24. The molecule has 0 bridgehead atoms. The maximum atomic E-state index is 13.0. The predicted octanol–water partition coefficient (Wildman–Crippen LogP) is 2.05. The molecule has 1 atom stereocenters. The van der Waals surface area contributed by atoms with Crippen molar-refractivity contribution in [3.63, 3.8) is 0 Å². The first kappa shape index (κ1) is 18.9. The number of carbonyl (C=O) groups is 2. The SMILES string of the molecule is Cc1nc(CC2CCCN(C(=O)Cc3ccc(F)cc3)C2)cc(C(N)=O)n1. The standard InChI is InChI=1S/C20H23FN4O2/c1-13-23-17(11-18(24-13)20(22)27)9-15-3-2-8-25(12-15)19(26)10-14-4-6-16(21)7-5-14/h4-7,11,15H,2-3,8-10,12H2,1H3,(H2,22,27). The highest BCUT2D eigenvalue weighted by molar-refractivity contribution is 5.90. The van der Waals surface area contributed by atoms with Crippen LogP contribution in [0.4, 0.5) is 4.39 Å². The molecule has 1 aromatic carbocycles. The minimum Gasteiger partial charge on any atom is -0.364 e. The van der Waals surface area contributed by atoms with Crippen LogP contribution in [0.5, 0.6) is 0 Å². The third-order valence-corrected chi connectivity index (χ3v) is 4.78. The third-order valence-electron chi connectivity index (χ3n) is 4.78. The van der Waals surface area contributed by atoms with Gasteiger partial charge >= 0.3 is 0 Å². The van der Waals surface area contributed by atoms with Crippen LogP contribution in [0.25, 0.3) is 0 Å². The van der Waals surface area contributed by atoms with Crippen LogP contribution >= 0.6 is 0 Å². The summed E-state index contributed by atoms with van der Waals surface area (Å²) in [6.45, 7) is 3.11. The summed E-state index contributed by atoms with van der Waals surface area (Å²) in [5.74, 6) is -0.0449. The van der Waals surface area contributed by atoms with Gasteiger partial charge in [0, 0.05) is 18.8 Å². The van der Waals surface area contributed by atoms with Crippen LogP contribution in [0.2, 0.25) is 0 Å². The zero-order valence-corrected chi connectivity index (χ0v) is 15.3. The molecule has 1 aliphatic heterocycles. The second-order valence-corrected chi connectivity index (χ2v) is 7.01. The molecule has 142 valence electrons. The molecule has 1 aliphatic rings. The van der Waals surface area contributed by atoms with Crippen molar-refractivity contribution >= 4 is 11.8 Å². The highest BCUT2D eigenvalue weighted by Crippen LogP contribution is 2.21. The lowest BCUT2D eigenvalue weighted by atomic mass is 9.92. The van der Waals surface area contributed by atoms with Gasteiger partial charge in [0.05, 0.1) is 6.42 Å². The predicted molar refractivity (Wildman–Crippen MR) is 98.4 cm³/mol. The number of piperidine rings is 1. The van der Waals surface area contributed by atoms with Gasteiger partial charge in [-0.15, -0.1) is 0 Å². The Labute approximate surface area is 157 Å². The number of nitrogens with two attached hydrogens (primary N) is 1. The van der Waals surface area contributed by atoms with Gasteiger partial charge in [0.25, 0.3) is 5.91 Å². The van der Waals surface area contributed by atoms with Crippen LogP contribution < -0.4 is 5.73 Å². The zero-order valence-electron chi connectivity index (χ0n) is 15.3. The number of hydrogen-bond donors (Lipinski definition) is 1. The highest BCUT2D eigenvalue weighted by Gasteiger charge is 2.24. The van der Waals surface area contributed by atoms with Crippen LogP contribution in [0.1, 0.15) is 40.4 Å². The van der Waals surface area contributed by atoms with Gasteiger partial charge < -0.3 is 10.6 Å². The maximum absolute atomic E-state index is 13.0. The Morgan fingerprint density at radius 1 is 1.26 bits per heavy atom. The Hall–Kier alpha value is -2.83. The van der Waals surface area contributed by atoms with Crippen molar-refractivity contribution in [2.45, 2.75) is 32.6 Å². The second-order valence-electron chi connectivity index (χ2n) is 7.01. The highest BCUT2D eigenvalue weighted by atomic mass is 19.1. The monoisotopic (exact) mass is 370 g/mol. The molecule has 0 aliphatic carbocycles. The molecule has 2 N–H and O–H groups in total. The molecule has 3 rings (SSSR count). The number of nitrogens with zero attached hydrogens (tertiary/aromatic N) is 3. The lowest BCUT2D eigenvalue weighted by molar-refractivity contribution is -0.132. The number of benzene rings is 1. The molecule has 0 saturated carbocycles. The Morgan fingerprint density at radius 3 is 2.70 bits per heavy atom. The molecular weight excluding hydrogens is 347 g/mol. The molecule has 27 heavy (non-hydrogen) atoms. The van der Waals surface area contributed by atoms with E-state index < -0.39 is 5.91 Å². The van der Waals surface area contributed by atoms with Crippen LogP contribution in [0, 0.1) is 18.7 Å². The third kappa shape index (κ3) is 5.09. The topological polar surface area (TPSA) is 89.2 Å². The van der Waals surface area contributed by atoms with Gasteiger partial charge in [-0.25, -0.2) is 14.4 Å². The van der Waals surface area contributed by atoms with Gasteiger partial charge in [-0.2, -0.15) is 0 Å². The number of likely N-dealkylation sites (tertiary alicyclic amines) is 1. The first-order chi connectivity index (χ1) is 12.9. The lowest BCUT2D eigenvalue weighted by Crippen LogP contribution is -2.41. The fraction of sp³-hybridized carbons (Fsp3) is 0.400. The van der Waals surface area contributed by atoms with Crippen molar-refractivity contribution in [2.75, 3.05) is 13.1 Å². The molecule has 6 nitrogen and oxygen atoms in total. The molecule has 1 fully saturated rings. The number of amides is 2. The molecule has 1 aromatic heterocycles. The fourth-order valence-electron chi connectivity index (χ4n) is 3.50. The first-order valence-electron chi connectivity index (χ1n) is 9.07. The smallest absolute Gasteiger partial charge is 0.267 e. The molecule has 7 heteroatoms. The Balaban J connectivity index is 1.63. The number of aromatic nitrogens is 2. The molecule has 0 spiro atoms. The molecule has 2 heterocycles. The van der Waals surface area contributed by atoms with Gasteiger partial charge in [0.15, 0.2) is 0 Å². The van der Waals surface area contributed by atoms with Gasteiger partial charge in [-0.3, -0.25) is 9.59 Å². The van der Waals surface area contributed by atoms with Crippen molar-refractivity contribution in [3.8, 4) is 0 Å². The number of rotatable bonds is 5. The number of primary amides is 1. The van der Waals surface area contributed by atoms with Crippen molar-refractivity contribution in [1.29, 1.82) is 0 Å². The number of halogens is 1. The molecule has 2 aromatic rings. The van der Waals surface area contributed by atoms with Gasteiger partial charge in [0.2, 0.25) is 5.91 Å². The normalized spacial score (nSPS) is 17.0. The maximum Gasteiger partial charge on any atom is 0.267 e. The minimum absolute atomic E-state index is 0.0444. The van der Waals surface area contributed by atoms with Crippen LogP contribution in [0.3, 0.4) is 0 Å². The number of aryl methyl sites for hydroxylation is 1. The van der Waals surface area contributed by atoms with Crippen molar-refractivity contribution in [2.24, 2.45) is 11.7 Å². The zero-order chi connectivity index (χ0) is 19.4. The fourth-order valence-corrected chi connectivity index (χ4v) is 3.50. The van der Waals surface area contributed by atoms with Gasteiger partial charge in [0.1, 0.15) is 17.3 Å². The Bertz CT molecular complexity index is 838. The minimum atomic E-state index is -0.568. The van der Waals surface area contributed by atoms with E-state index in [1.807, 2.05) is 4.90 Å². The van der Waals surface area contributed by atoms with Crippen LogP contribution in [-0.2, 0) is 17.6 Å². The van der Waals surface area contributed by atoms with Gasteiger partial charge in [-0.1, -0.05) is 12.1 Å². The number of carbonyl (C=O) groups excluding carboxylic acids is 2. The quantitative estimate of drug-likeness (QED) is 0.872. The lowest BCUT2D eigenvalue weighted by Gasteiger charge is -2.33. The molecule has 0 radical (unpaired) electrons. The van der Waals surface area contributed by atoms with Crippen molar-refractivity contribution in [1.82, 2.24) is 14.9 Å². The van der Waals surface area contributed by atoms with Crippen molar-refractivity contribution < 1.29 is 14.0 Å². The Morgan fingerprint density at radius 2 is 2.00 bits per heavy atom. The summed E-state index contributed by atoms with van der Waals surface area (Å²) >= 11 is 0. The summed E-state index contributed by atoms with van der Waals surface area (Å²) in [4.78, 5) is 34.3. The summed E-state index contributed by atoms with van der Waals surface area (Å²) in [5, 5.41) is 0. The average molecular weight is 370 g/mol. The molecule has 2 amide bonds. The molecule has 1 saturated heterocycles. The molecule has 1 unspecified atom stereocenters. The average Bonchev–Trinajstić information content (AvgIpc) is 2.63. The van der Waals surface area contributed by atoms with E-state index in [2.05, 4.69) is 9.97 Å². The van der Waals surface area contributed by atoms with E-state index in [4.69, 9.17) is 5.73 Å². The first-order valence-corrected chi connectivity index (χ1v) is 9.07. The van der Waals surface area contributed by atoms with Crippen LogP contribution in [-0.4, -0.2) is 39.8 Å². The van der Waals surface area contributed by atoms with E-state index in [0.29, 0.717) is 18.8 Å². The van der Waals surface area contributed by atoms with E-state index in [-0.39, 0.29) is 29.8 Å². The summed E-state index contributed by atoms with van der Waals surface area (Å²) in [5.41, 5.74) is 7.12. The summed E-state index contributed by atoms with van der Waals surface area (Å²) < 4.78 is 13.0. The Kier molecular flexibility index (Phi) is 5.78. The summed E-state index contributed by atoms with van der Waals surface area (Å²) in [6.07, 6.45) is 2.86. The van der Waals surface area contributed by atoms with E-state index >= 15 is 0 Å². The van der Waals surface area contributed by atoms with Crippen molar-refractivity contribution in [3.05, 3.63) is 58.9 Å². The van der Waals surface area contributed by atoms with E-state index in [0.717, 1.165) is 30.6 Å². The van der Waals surface area contributed by atoms with E-state index in [1.54, 1.807) is 25.1 Å². The van der Waals surface area contributed by atoms with E-state index in [1.165, 1.54) is 12.1 Å². The van der Waals surface area contributed by atoms with Gasteiger partial charge in [-0.05, 0) is 55.9 Å². The van der Waals surface area contributed by atoms with E-state index in [9.17, 15) is 14.0 Å². The summed E-state index contributed by atoms with van der Waals surface area (Å²) in [6, 6.07) is 7.66. The number of hydrogen-bond acceptors (Lipinski definition) is 4. The van der Waals surface area contributed by atoms with Crippen LogP contribution in [0.15, 0.2) is 30.3 Å². The largest absolute Gasteiger partial charge is 0.364 e.